The van der Waals surface area contributed by atoms with Crippen molar-refractivity contribution in [2.45, 2.75) is 18.7 Å². The molecule has 0 aliphatic carbocycles. The van der Waals surface area contributed by atoms with Gasteiger partial charge < -0.3 is 0 Å². The Morgan fingerprint density at radius 1 is 1.38 bits per heavy atom. The zero-order valence-electron chi connectivity index (χ0n) is 8.82. The number of rotatable bonds is 3. The Hall–Kier alpha value is -0.680. The summed E-state index contributed by atoms with van der Waals surface area (Å²) in [4.78, 5) is 0. The standard InChI is InChI=1S/C11H11Br2N3/c1-2-8-5-9(13)3-4-11(8)16-7-10(6-12)14-15-16/h3-5,7H,2,6H2,1H3. The van der Waals surface area contributed by atoms with Gasteiger partial charge in [-0.25, -0.2) is 4.68 Å². The van der Waals surface area contributed by atoms with Crippen LogP contribution in [0.1, 0.15) is 18.2 Å². The summed E-state index contributed by atoms with van der Waals surface area (Å²) in [5.41, 5.74) is 3.27. The summed E-state index contributed by atoms with van der Waals surface area (Å²) in [5, 5.41) is 8.91. The van der Waals surface area contributed by atoms with Crippen molar-refractivity contribution in [2.24, 2.45) is 0 Å². The number of halogens is 2. The van der Waals surface area contributed by atoms with Crippen LogP contribution in [0.4, 0.5) is 0 Å². The molecular formula is C11H11Br2N3. The van der Waals surface area contributed by atoms with Gasteiger partial charge in [0.2, 0.25) is 0 Å². The molecule has 84 valence electrons. The molecule has 2 aromatic rings. The summed E-state index contributed by atoms with van der Waals surface area (Å²) in [6, 6.07) is 6.18. The molecule has 0 N–H and O–H groups in total. The molecule has 0 bridgehead atoms. The van der Waals surface area contributed by atoms with Crippen molar-refractivity contribution in [1.29, 1.82) is 0 Å². The topological polar surface area (TPSA) is 30.7 Å². The van der Waals surface area contributed by atoms with Crippen LogP contribution in [0, 0.1) is 0 Å². The molecule has 0 radical (unpaired) electrons. The average Bonchev–Trinajstić information content (AvgIpc) is 2.77. The first-order chi connectivity index (χ1) is 7.74. The highest BCUT2D eigenvalue weighted by Crippen LogP contribution is 2.20. The number of benzene rings is 1. The van der Waals surface area contributed by atoms with Crippen LogP contribution in [-0.2, 0) is 11.8 Å². The Bertz CT molecular complexity index is 494. The fourth-order valence-electron chi connectivity index (χ4n) is 1.54. The quantitative estimate of drug-likeness (QED) is 0.798. The van der Waals surface area contributed by atoms with E-state index in [1.807, 2.05) is 16.9 Å². The van der Waals surface area contributed by atoms with Crippen LogP contribution in [0.2, 0.25) is 0 Å². The van der Waals surface area contributed by atoms with Crippen molar-refractivity contribution >= 4 is 31.9 Å². The second kappa shape index (κ2) is 5.10. The number of aryl methyl sites for hydroxylation is 1. The molecule has 1 aromatic heterocycles. The zero-order chi connectivity index (χ0) is 11.5. The summed E-state index contributed by atoms with van der Waals surface area (Å²) in [7, 11) is 0. The molecular weight excluding hydrogens is 334 g/mol. The van der Waals surface area contributed by atoms with Gasteiger partial charge in [-0.15, -0.1) is 5.10 Å². The molecule has 0 fully saturated rings. The van der Waals surface area contributed by atoms with E-state index in [2.05, 4.69) is 61.2 Å². The van der Waals surface area contributed by atoms with E-state index in [-0.39, 0.29) is 0 Å². The summed E-state index contributed by atoms with van der Waals surface area (Å²) < 4.78 is 2.91. The Kier molecular flexibility index (Phi) is 3.76. The minimum absolute atomic E-state index is 0.727. The van der Waals surface area contributed by atoms with Crippen LogP contribution >= 0.6 is 31.9 Å². The molecule has 3 nitrogen and oxygen atoms in total. The molecule has 0 atom stereocenters. The van der Waals surface area contributed by atoms with Crippen LogP contribution < -0.4 is 0 Å². The van der Waals surface area contributed by atoms with Crippen molar-refractivity contribution < 1.29 is 0 Å². The van der Waals surface area contributed by atoms with E-state index in [9.17, 15) is 0 Å². The molecule has 1 heterocycles. The summed E-state index contributed by atoms with van der Waals surface area (Å²) in [6.45, 7) is 2.13. The lowest BCUT2D eigenvalue weighted by atomic mass is 10.1. The molecule has 0 spiro atoms. The van der Waals surface area contributed by atoms with E-state index < -0.39 is 0 Å². The van der Waals surface area contributed by atoms with Gasteiger partial charge in [-0.2, -0.15) is 0 Å². The summed E-state index contributed by atoms with van der Waals surface area (Å²) >= 11 is 6.84. The maximum absolute atomic E-state index is 4.12. The second-order valence-electron chi connectivity index (χ2n) is 3.41. The van der Waals surface area contributed by atoms with Gasteiger partial charge in [-0.1, -0.05) is 44.0 Å². The van der Waals surface area contributed by atoms with E-state index in [0.29, 0.717) is 0 Å². The minimum atomic E-state index is 0.727. The third-order valence-corrected chi connectivity index (χ3v) is 3.41. The highest BCUT2D eigenvalue weighted by molar-refractivity contribution is 9.10. The number of nitrogens with zero attached hydrogens (tertiary/aromatic N) is 3. The van der Waals surface area contributed by atoms with Crippen molar-refractivity contribution in [3.05, 3.63) is 40.1 Å². The van der Waals surface area contributed by atoms with Crippen LogP contribution in [0.5, 0.6) is 0 Å². The maximum atomic E-state index is 4.12. The van der Waals surface area contributed by atoms with Crippen molar-refractivity contribution in [2.75, 3.05) is 0 Å². The van der Waals surface area contributed by atoms with E-state index in [4.69, 9.17) is 0 Å². The van der Waals surface area contributed by atoms with E-state index in [1.54, 1.807) is 0 Å². The van der Waals surface area contributed by atoms with Gasteiger partial charge in [-0.3, -0.25) is 0 Å². The van der Waals surface area contributed by atoms with Crippen molar-refractivity contribution in [3.63, 3.8) is 0 Å². The van der Waals surface area contributed by atoms with Gasteiger partial charge in [0.15, 0.2) is 0 Å². The maximum Gasteiger partial charge on any atom is 0.0937 e. The van der Waals surface area contributed by atoms with Crippen LogP contribution in [0.3, 0.4) is 0 Å². The molecule has 0 unspecified atom stereocenters. The molecule has 0 amide bonds. The third kappa shape index (κ3) is 2.35. The van der Waals surface area contributed by atoms with Gasteiger partial charge >= 0.3 is 0 Å². The Balaban J connectivity index is 2.46. The highest BCUT2D eigenvalue weighted by Gasteiger charge is 2.06. The number of hydrogen-bond donors (Lipinski definition) is 0. The van der Waals surface area contributed by atoms with Gasteiger partial charge in [0.05, 0.1) is 17.6 Å². The summed E-state index contributed by atoms with van der Waals surface area (Å²) in [5.74, 6) is 0. The van der Waals surface area contributed by atoms with E-state index >= 15 is 0 Å². The Morgan fingerprint density at radius 3 is 2.81 bits per heavy atom. The first-order valence-corrected chi connectivity index (χ1v) is 6.92. The Labute approximate surface area is 111 Å². The number of aromatic nitrogens is 3. The predicted octanol–water partition coefficient (Wildman–Crippen LogP) is 3.49. The largest absolute Gasteiger partial charge is 0.220 e. The number of hydrogen-bond acceptors (Lipinski definition) is 2. The first kappa shape index (κ1) is 11.8. The second-order valence-corrected chi connectivity index (χ2v) is 4.89. The average molecular weight is 345 g/mol. The lowest BCUT2D eigenvalue weighted by molar-refractivity contribution is 0.791. The minimum Gasteiger partial charge on any atom is -0.220 e. The van der Waals surface area contributed by atoms with Crippen molar-refractivity contribution in [1.82, 2.24) is 15.0 Å². The van der Waals surface area contributed by atoms with Crippen LogP contribution in [0.25, 0.3) is 5.69 Å². The zero-order valence-corrected chi connectivity index (χ0v) is 12.0. The SMILES string of the molecule is CCc1cc(Br)ccc1-n1cc(CBr)nn1. The lowest BCUT2D eigenvalue weighted by Crippen LogP contribution is -1.99. The summed E-state index contributed by atoms with van der Waals surface area (Å²) in [6.07, 6.45) is 2.91. The highest BCUT2D eigenvalue weighted by atomic mass is 79.9. The molecule has 0 aliphatic rings. The molecule has 0 saturated carbocycles. The van der Waals surface area contributed by atoms with Crippen LogP contribution in [0.15, 0.2) is 28.9 Å². The molecule has 5 heteroatoms. The van der Waals surface area contributed by atoms with Gasteiger partial charge in [0.25, 0.3) is 0 Å². The normalized spacial score (nSPS) is 10.7. The molecule has 1 aromatic carbocycles. The van der Waals surface area contributed by atoms with Gasteiger partial charge in [0, 0.05) is 9.80 Å². The fourth-order valence-corrected chi connectivity index (χ4v) is 2.20. The molecule has 16 heavy (non-hydrogen) atoms. The van der Waals surface area contributed by atoms with E-state index in [0.717, 1.165) is 27.6 Å². The smallest absolute Gasteiger partial charge is 0.0937 e. The third-order valence-electron chi connectivity index (χ3n) is 2.35. The van der Waals surface area contributed by atoms with Crippen molar-refractivity contribution in [3.8, 4) is 5.69 Å². The number of alkyl halides is 1. The van der Waals surface area contributed by atoms with Gasteiger partial charge in [0.1, 0.15) is 0 Å². The fraction of sp³-hybridized carbons (Fsp3) is 0.273. The van der Waals surface area contributed by atoms with Gasteiger partial charge in [-0.05, 0) is 30.2 Å². The lowest BCUT2D eigenvalue weighted by Gasteiger charge is -2.07. The first-order valence-electron chi connectivity index (χ1n) is 5.00. The van der Waals surface area contributed by atoms with E-state index in [1.165, 1.54) is 5.56 Å². The monoisotopic (exact) mass is 343 g/mol. The predicted molar refractivity (Wildman–Crippen MR) is 71.1 cm³/mol. The van der Waals surface area contributed by atoms with Crippen LogP contribution in [-0.4, -0.2) is 15.0 Å². The molecule has 0 aliphatic heterocycles. The molecule has 2 rings (SSSR count). The Morgan fingerprint density at radius 2 is 2.19 bits per heavy atom. The molecule has 0 saturated heterocycles.